The highest BCUT2D eigenvalue weighted by Crippen LogP contribution is 2.24. The Hall–Kier alpha value is -1.06. The first kappa shape index (κ1) is 15.0. The van der Waals surface area contributed by atoms with E-state index in [9.17, 15) is 0 Å². The Morgan fingerprint density at radius 3 is 2.67 bits per heavy atom. The molecule has 3 nitrogen and oxygen atoms in total. The summed E-state index contributed by atoms with van der Waals surface area (Å²) in [6.45, 7) is 8.77. The van der Waals surface area contributed by atoms with Crippen molar-refractivity contribution in [1.29, 1.82) is 0 Å². The maximum absolute atomic E-state index is 5.61. The molecule has 1 aromatic carbocycles. The third-order valence-electron chi connectivity index (χ3n) is 2.92. The molecule has 0 saturated carbocycles. The molecule has 0 amide bonds. The van der Waals surface area contributed by atoms with Gasteiger partial charge in [-0.25, -0.2) is 0 Å². The van der Waals surface area contributed by atoms with Crippen LogP contribution in [0.4, 0.5) is 0 Å². The van der Waals surface area contributed by atoms with Crippen LogP contribution in [0.15, 0.2) is 18.2 Å². The summed E-state index contributed by atoms with van der Waals surface area (Å²) in [6.07, 6.45) is 1.04. The lowest BCUT2D eigenvalue weighted by Gasteiger charge is -2.16. The molecule has 102 valence electrons. The van der Waals surface area contributed by atoms with Gasteiger partial charge in [-0.15, -0.1) is 0 Å². The van der Waals surface area contributed by atoms with Crippen molar-refractivity contribution >= 4 is 0 Å². The van der Waals surface area contributed by atoms with E-state index in [2.05, 4.69) is 38.2 Å². The van der Waals surface area contributed by atoms with E-state index in [1.165, 1.54) is 5.56 Å². The monoisotopic (exact) mass is 251 g/mol. The van der Waals surface area contributed by atoms with Crippen molar-refractivity contribution in [3.05, 3.63) is 29.3 Å². The molecule has 0 aromatic heterocycles. The van der Waals surface area contributed by atoms with Gasteiger partial charge in [-0.05, 0) is 37.6 Å². The highest BCUT2D eigenvalue weighted by Gasteiger charge is 2.09. The molecule has 1 aromatic rings. The normalized spacial score (nSPS) is 12.4. The molecule has 0 aliphatic carbocycles. The molecule has 18 heavy (non-hydrogen) atoms. The molecule has 1 rings (SSSR count). The van der Waals surface area contributed by atoms with Crippen molar-refractivity contribution in [2.45, 2.75) is 39.8 Å². The van der Waals surface area contributed by atoms with Crippen molar-refractivity contribution in [3.8, 4) is 5.75 Å². The van der Waals surface area contributed by atoms with Crippen LogP contribution in [-0.2, 0) is 11.3 Å². The highest BCUT2D eigenvalue weighted by atomic mass is 16.5. The van der Waals surface area contributed by atoms with Gasteiger partial charge in [0, 0.05) is 18.2 Å². The van der Waals surface area contributed by atoms with Gasteiger partial charge in [-0.3, -0.25) is 0 Å². The third kappa shape index (κ3) is 4.31. The van der Waals surface area contributed by atoms with Crippen LogP contribution < -0.4 is 10.1 Å². The zero-order valence-corrected chi connectivity index (χ0v) is 12.0. The van der Waals surface area contributed by atoms with Crippen LogP contribution in [0, 0.1) is 0 Å². The Kier molecular flexibility index (Phi) is 6.76. The summed E-state index contributed by atoms with van der Waals surface area (Å²) in [6, 6.07) is 6.65. The molecule has 0 bridgehead atoms. The maximum atomic E-state index is 5.61. The lowest BCUT2D eigenvalue weighted by molar-refractivity contribution is 0.119. The number of hydrogen-bond donors (Lipinski definition) is 1. The first-order valence-electron chi connectivity index (χ1n) is 6.70. The van der Waals surface area contributed by atoms with Crippen LogP contribution in [-0.4, -0.2) is 20.3 Å². The van der Waals surface area contributed by atoms with Gasteiger partial charge in [-0.2, -0.15) is 0 Å². The van der Waals surface area contributed by atoms with Crippen LogP contribution in [0.1, 0.15) is 44.4 Å². The van der Waals surface area contributed by atoms with Crippen LogP contribution in [0.25, 0.3) is 0 Å². The third-order valence-corrected chi connectivity index (χ3v) is 2.92. The Bertz CT molecular complexity index is 352. The molecule has 0 aliphatic heterocycles. The molecule has 0 fully saturated rings. The number of rotatable bonds is 8. The van der Waals surface area contributed by atoms with Gasteiger partial charge >= 0.3 is 0 Å². The van der Waals surface area contributed by atoms with Crippen molar-refractivity contribution in [2.24, 2.45) is 0 Å². The summed E-state index contributed by atoms with van der Waals surface area (Å²) < 4.78 is 11.0. The quantitative estimate of drug-likeness (QED) is 0.719. The van der Waals surface area contributed by atoms with Crippen LogP contribution in [0.5, 0.6) is 5.75 Å². The average Bonchev–Trinajstić information content (AvgIpc) is 2.39. The fraction of sp³-hybridized carbons (Fsp3) is 0.600. The van der Waals surface area contributed by atoms with Gasteiger partial charge in [-0.1, -0.05) is 19.9 Å². The van der Waals surface area contributed by atoms with Crippen LogP contribution in [0.3, 0.4) is 0 Å². The minimum Gasteiger partial charge on any atom is -0.496 e. The number of methoxy groups -OCH3 is 1. The van der Waals surface area contributed by atoms with E-state index < -0.39 is 0 Å². The second-order valence-corrected chi connectivity index (χ2v) is 4.40. The number of nitrogens with one attached hydrogen (secondary N) is 1. The van der Waals surface area contributed by atoms with Crippen LogP contribution in [0.2, 0.25) is 0 Å². The Labute approximate surface area is 110 Å². The zero-order chi connectivity index (χ0) is 13.4. The predicted octanol–water partition coefficient (Wildman–Crippen LogP) is 3.29. The first-order chi connectivity index (χ1) is 8.72. The van der Waals surface area contributed by atoms with Gasteiger partial charge in [0.05, 0.1) is 13.7 Å². The van der Waals surface area contributed by atoms with E-state index in [4.69, 9.17) is 9.47 Å². The van der Waals surface area contributed by atoms with Crippen molar-refractivity contribution in [3.63, 3.8) is 0 Å². The van der Waals surface area contributed by atoms with Gasteiger partial charge in [0.15, 0.2) is 0 Å². The molecular formula is C15H25NO2. The van der Waals surface area contributed by atoms with E-state index in [1.54, 1.807) is 7.11 Å². The molecule has 1 atom stereocenters. The molecule has 0 heterocycles. The molecule has 0 radical (unpaired) electrons. The van der Waals surface area contributed by atoms with Gasteiger partial charge in [0.25, 0.3) is 0 Å². The molecule has 3 heteroatoms. The fourth-order valence-corrected chi connectivity index (χ4v) is 1.93. The molecule has 0 aliphatic rings. The predicted molar refractivity (Wildman–Crippen MR) is 75.0 cm³/mol. The molecular weight excluding hydrogens is 226 g/mol. The molecule has 1 N–H and O–H groups in total. The smallest absolute Gasteiger partial charge is 0.124 e. The van der Waals surface area contributed by atoms with E-state index in [0.29, 0.717) is 12.6 Å². The summed E-state index contributed by atoms with van der Waals surface area (Å²) in [5.41, 5.74) is 2.39. The van der Waals surface area contributed by atoms with Gasteiger partial charge < -0.3 is 14.8 Å². The molecule has 1 unspecified atom stereocenters. The summed E-state index contributed by atoms with van der Waals surface area (Å²) in [5, 5.41) is 3.41. The average molecular weight is 251 g/mol. The zero-order valence-electron chi connectivity index (χ0n) is 12.0. The van der Waals surface area contributed by atoms with Crippen LogP contribution >= 0.6 is 0 Å². The Morgan fingerprint density at radius 2 is 2.06 bits per heavy atom. The van der Waals surface area contributed by atoms with E-state index in [0.717, 1.165) is 30.9 Å². The fourth-order valence-electron chi connectivity index (χ4n) is 1.93. The molecule has 0 spiro atoms. The first-order valence-corrected chi connectivity index (χ1v) is 6.70. The van der Waals surface area contributed by atoms with Crippen molar-refractivity contribution in [1.82, 2.24) is 5.32 Å². The number of benzene rings is 1. The van der Waals surface area contributed by atoms with E-state index in [1.807, 2.05) is 6.07 Å². The number of ether oxygens (including phenoxy) is 2. The van der Waals surface area contributed by atoms with Gasteiger partial charge in [0.2, 0.25) is 0 Å². The Morgan fingerprint density at radius 1 is 1.28 bits per heavy atom. The highest BCUT2D eigenvalue weighted by molar-refractivity contribution is 5.38. The minimum atomic E-state index is 0.353. The summed E-state index contributed by atoms with van der Waals surface area (Å²) in [7, 11) is 1.70. The largest absolute Gasteiger partial charge is 0.496 e. The number of hydrogen-bond acceptors (Lipinski definition) is 3. The lowest BCUT2D eigenvalue weighted by Crippen LogP contribution is -2.17. The van der Waals surface area contributed by atoms with E-state index in [-0.39, 0.29) is 0 Å². The second kappa shape index (κ2) is 8.11. The maximum Gasteiger partial charge on any atom is 0.124 e. The summed E-state index contributed by atoms with van der Waals surface area (Å²) in [4.78, 5) is 0. The van der Waals surface area contributed by atoms with E-state index >= 15 is 0 Å². The summed E-state index contributed by atoms with van der Waals surface area (Å²) in [5.74, 6) is 0.901. The SMILES string of the molecule is CCCOCc1cc(C(C)NCC)ccc1OC. The van der Waals surface area contributed by atoms with Crippen molar-refractivity contribution in [2.75, 3.05) is 20.3 Å². The Balaban J connectivity index is 2.80. The summed E-state index contributed by atoms with van der Waals surface area (Å²) >= 11 is 0. The standard InChI is InChI=1S/C15H25NO2/c1-5-9-18-11-14-10-13(12(3)16-6-2)7-8-15(14)17-4/h7-8,10,12,16H,5-6,9,11H2,1-4H3. The minimum absolute atomic E-state index is 0.353. The topological polar surface area (TPSA) is 30.5 Å². The van der Waals surface area contributed by atoms with Crippen molar-refractivity contribution < 1.29 is 9.47 Å². The lowest BCUT2D eigenvalue weighted by atomic mass is 10.0. The van der Waals surface area contributed by atoms with Gasteiger partial charge in [0.1, 0.15) is 5.75 Å². The second-order valence-electron chi connectivity index (χ2n) is 4.40. The molecule has 0 saturated heterocycles.